The highest BCUT2D eigenvalue weighted by Crippen LogP contribution is 2.26. The van der Waals surface area contributed by atoms with Crippen molar-refractivity contribution >= 4 is 16.0 Å². The number of nitrogens with zero attached hydrogens (tertiary/aromatic N) is 1. The first kappa shape index (κ1) is 24.8. The number of hydrogen-bond acceptors (Lipinski definition) is 5. The first-order valence-electron chi connectivity index (χ1n) is 11.1. The van der Waals surface area contributed by atoms with Crippen LogP contribution < -0.4 is 0 Å². The Hall–Kier alpha value is -2.84. The highest BCUT2D eigenvalue weighted by molar-refractivity contribution is 7.89. The van der Waals surface area contributed by atoms with Crippen LogP contribution in [0.15, 0.2) is 52.0 Å². The van der Waals surface area contributed by atoms with Crippen molar-refractivity contribution in [1.82, 2.24) is 9.29 Å². The van der Waals surface area contributed by atoms with Crippen molar-refractivity contribution in [1.29, 1.82) is 0 Å². The van der Waals surface area contributed by atoms with Crippen molar-refractivity contribution < 1.29 is 22.4 Å². The minimum absolute atomic E-state index is 0.0713. The van der Waals surface area contributed by atoms with Gasteiger partial charge in [-0.15, -0.1) is 0 Å². The number of nitrogens with one attached hydrogen (secondary N) is 1. The Kier molecular flexibility index (Phi) is 7.81. The van der Waals surface area contributed by atoms with E-state index in [0.717, 1.165) is 23.2 Å². The first-order chi connectivity index (χ1) is 15.6. The van der Waals surface area contributed by atoms with Crippen LogP contribution in [-0.2, 0) is 34.3 Å². The van der Waals surface area contributed by atoms with E-state index in [2.05, 4.69) is 18.8 Å². The number of hydrogen-bond donors (Lipinski definition) is 1. The molecule has 0 aliphatic heterocycles. The van der Waals surface area contributed by atoms with E-state index in [9.17, 15) is 13.2 Å². The summed E-state index contributed by atoms with van der Waals surface area (Å²) in [5, 5.41) is 0. The largest absolute Gasteiger partial charge is 0.468 e. The highest BCUT2D eigenvalue weighted by atomic mass is 32.2. The summed E-state index contributed by atoms with van der Waals surface area (Å²) >= 11 is 0. The van der Waals surface area contributed by atoms with Gasteiger partial charge in [-0.1, -0.05) is 26.0 Å². The highest BCUT2D eigenvalue weighted by Gasteiger charge is 2.29. The van der Waals surface area contributed by atoms with Crippen LogP contribution >= 0.6 is 0 Å². The molecule has 3 rings (SSSR count). The molecular formula is C25H32N2O5S. The predicted molar refractivity (Wildman–Crippen MR) is 126 cm³/mol. The number of aryl methyl sites for hydroxylation is 1. The molecule has 0 atom stereocenters. The summed E-state index contributed by atoms with van der Waals surface area (Å²) < 4.78 is 39.2. The maximum Gasteiger partial charge on any atom is 0.355 e. The van der Waals surface area contributed by atoms with Gasteiger partial charge in [-0.25, -0.2) is 13.2 Å². The third kappa shape index (κ3) is 5.75. The third-order valence-corrected chi connectivity index (χ3v) is 7.33. The van der Waals surface area contributed by atoms with Crippen LogP contribution in [0.5, 0.6) is 0 Å². The van der Waals surface area contributed by atoms with E-state index in [-0.39, 0.29) is 24.6 Å². The molecule has 0 bridgehead atoms. The van der Waals surface area contributed by atoms with Gasteiger partial charge >= 0.3 is 5.97 Å². The van der Waals surface area contributed by atoms with Crippen molar-refractivity contribution in [2.24, 2.45) is 5.92 Å². The zero-order valence-electron chi connectivity index (χ0n) is 19.8. The maximum absolute atomic E-state index is 13.6. The van der Waals surface area contributed by atoms with E-state index in [1.807, 2.05) is 19.1 Å². The van der Waals surface area contributed by atoms with E-state index in [1.165, 1.54) is 10.6 Å². The van der Waals surface area contributed by atoms with Crippen molar-refractivity contribution in [3.63, 3.8) is 0 Å². The number of aromatic nitrogens is 1. The predicted octanol–water partition coefficient (Wildman–Crippen LogP) is 4.99. The van der Waals surface area contributed by atoms with Gasteiger partial charge in [0.15, 0.2) is 0 Å². The number of esters is 1. The number of carbonyl (C=O) groups excluding carboxylic acids is 1. The molecule has 0 saturated carbocycles. The van der Waals surface area contributed by atoms with Gasteiger partial charge in [-0.3, -0.25) is 0 Å². The molecule has 0 saturated heterocycles. The number of furan rings is 1. The second-order valence-electron chi connectivity index (χ2n) is 8.54. The van der Waals surface area contributed by atoms with E-state index >= 15 is 0 Å². The Bertz CT molecular complexity index is 1180. The maximum atomic E-state index is 13.6. The normalized spacial score (nSPS) is 12.0. The van der Waals surface area contributed by atoms with Gasteiger partial charge in [-0.05, 0) is 74.1 Å². The van der Waals surface area contributed by atoms with Gasteiger partial charge in [0.25, 0.3) is 0 Å². The smallest absolute Gasteiger partial charge is 0.355 e. The number of aromatic amines is 1. The summed E-state index contributed by atoms with van der Waals surface area (Å²) in [6.45, 7) is 10.0. The fraction of sp³-hybridized carbons (Fsp3) is 0.400. The average molecular weight is 473 g/mol. The molecule has 2 heterocycles. The second-order valence-corrected chi connectivity index (χ2v) is 10.5. The van der Waals surface area contributed by atoms with Gasteiger partial charge in [0.1, 0.15) is 11.5 Å². The fourth-order valence-electron chi connectivity index (χ4n) is 3.83. The number of sulfonamides is 1. The van der Waals surface area contributed by atoms with Gasteiger partial charge in [0, 0.05) is 12.2 Å². The third-order valence-electron chi connectivity index (χ3n) is 5.52. The number of benzene rings is 1. The Morgan fingerprint density at radius 1 is 1.12 bits per heavy atom. The lowest BCUT2D eigenvalue weighted by molar-refractivity contribution is 0.0519. The van der Waals surface area contributed by atoms with Crippen molar-refractivity contribution in [2.75, 3.05) is 6.61 Å². The molecule has 33 heavy (non-hydrogen) atoms. The van der Waals surface area contributed by atoms with E-state index < -0.39 is 16.0 Å². The standard InChI is InChI=1S/C25H32N2O5S/c1-6-31-25(28)24-18(4)23(19(5)26-24)16-27(15-21-8-7-13-32-21)33(29,30)22-11-9-20(10-12-22)14-17(2)3/h7-13,17,26H,6,14-16H2,1-5H3. The van der Waals surface area contributed by atoms with Crippen LogP contribution in [0, 0.1) is 19.8 Å². The van der Waals surface area contributed by atoms with Crippen LogP contribution in [-0.4, -0.2) is 30.3 Å². The lowest BCUT2D eigenvalue weighted by atomic mass is 10.0. The first-order valence-corrected chi connectivity index (χ1v) is 12.5. The molecule has 0 aliphatic rings. The quantitative estimate of drug-likeness (QED) is 0.420. The van der Waals surface area contributed by atoms with E-state index in [0.29, 0.717) is 22.9 Å². The molecule has 178 valence electrons. The van der Waals surface area contributed by atoms with Crippen LogP contribution in [0.3, 0.4) is 0 Å². The van der Waals surface area contributed by atoms with Crippen molar-refractivity contribution in [3.05, 3.63) is 76.5 Å². The van der Waals surface area contributed by atoms with Crippen LogP contribution in [0.4, 0.5) is 0 Å². The zero-order valence-corrected chi connectivity index (χ0v) is 20.7. The molecule has 0 fully saturated rings. The van der Waals surface area contributed by atoms with Crippen molar-refractivity contribution in [2.45, 2.75) is 59.0 Å². The number of rotatable bonds is 10. The second kappa shape index (κ2) is 10.4. The molecule has 0 radical (unpaired) electrons. The van der Waals surface area contributed by atoms with E-state index in [4.69, 9.17) is 9.15 Å². The zero-order chi connectivity index (χ0) is 24.2. The van der Waals surface area contributed by atoms with Crippen LogP contribution in [0.1, 0.15) is 59.4 Å². The summed E-state index contributed by atoms with van der Waals surface area (Å²) in [7, 11) is -3.83. The monoisotopic (exact) mass is 472 g/mol. The molecule has 0 spiro atoms. The molecule has 0 aliphatic carbocycles. The summed E-state index contributed by atoms with van der Waals surface area (Å²) in [6.07, 6.45) is 2.40. The lowest BCUT2D eigenvalue weighted by Gasteiger charge is -2.22. The minimum Gasteiger partial charge on any atom is -0.468 e. The van der Waals surface area contributed by atoms with Crippen molar-refractivity contribution in [3.8, 4) is 0 Å². The molecule has 2 aromatic heterocycles. The van der Waals surface area contributed by atoms with Gasteiger partial charge < -0.3 is 14.1 Å². The lowest BCUT2D eigenvalue weighted by Crippen LogP contribution is -2.30. The molecular weight excluding hydrogens is 440 g/mol. The number of ether oxygens (including phenoxy) is 1. The number of H-pyrrole nitrogens is 1. The van der Waals surface area contributed by atoms with Gasteiger partial charge in [0.2, 0.25) is 10.0 Å². The summed E-state index contributed by atoms with van der Waals surface area (Å²) in [5.41, 5.74) is 3.58. The Morgan fingerprint density at radius 3 is 2.39 bits per heavy atom. The average Bonchev–Trinajstić information content (AvgIpc) is 3.36. The topological polar surface area (TPSA) is 92.6 Å². The van der Waals surface area contributed by atoms with Crippen LogP contribution in [0.2, 0.25) is 0 Å². The van der Waals surface area contributed by atoms with Gasteiger partial charge in [0.05, 0.1) is 24.3 Å². The Balaban J connectivity index is 1.96. The summed E-state index contributed by atoms with van der Waals surface area (Å²) in [4.78, 5) is 15.6. The van der Waals surface area contributed by atoms with E-state index in [1.54, 1.807) is 38.1 Å². The van der Waals surface area contributed by atoms with Crippen LogP contribution in [0.25, 0.3) is 0 Å². The molecule has 0 amide bonds. The molecule has 3 aromatic rings. The molecule has 1 aromatic carbocycles. The summed E-state index contributed by atoms with van der Waals surface area (Å²) in [6, 6.07) is 10.5. The molecule has 0 unspecified atom stereocenters. The molecule has 8 heteroatoms. The SMILES string of the molecule is CCOC(=O)c1[nH]c(C)c(CN(Cc2ccco2)S(=O)(=O)c2ccc(CC(C)C)cc2)c1C. The molecule has 7 nitrogen and oxygen atoms in total. The Labute approximate surface area is 195 Å². The number of carbonyl (C=O) groups is 1. The summed E-state index contributed by atoms with van der Waals surface area (Å²) in [5.74, 6) is 0.563. The minimum atomic E-state index is -3.83. The molecule has 1 N–H and O–H groups in total. The Morgan fingerprint density at radius 2 is 1.82 bits per heavy atom. The van der Waals surface area contributed by atoms with Gasteiger partial charge in [-0.2, -0.15) is 4.31 Å². The fourth-order valence-corrected chi connectivity index (χ4v) is 5.20.